The van der Waals surface area contributed by atoms with Crippen molar-refractivity contribution in [3.05, 3.63) is 82.0 Å². The van der Waals surface area contributed by atoms with E-state index in [2.05, 4.69) is 15.5 Å². The largest absolute Gasteiger partial charge is 0.469 e. The molecule has 1 heterocycles. The minimum Gasteiger partial charge on any atom is -0.469 e. The van der Waals surface area contributed by atoms with E-state index >= 15 is 0 Å². The molecular formula is C20H18N4O5. The third-order valence-corrected chi connectivity index (χ3v) is 4.32. The van der Waals surface area contributed by atoms with Crippen LogP contribution in [0.15, 0.2) is 60.7 Å². The Kier molecular flexibility index (Phi) is 5.98. The minimum atomic E-state index is -0.685. The number of methoxy groups -OCH3 is 1. The fourth-order valence-corrected chi connectivity index (χ4v) is 2.79. The maximum atomic E-state index is 12.5. The number of aromatic amines is 1. The maximum absolute atomic E-state index is 12.5. The summed E-state index contributed by atoms with van der Waals surface area (Å²) in [6, 6.07) is 17.5. The summed E-state index contributed by atoms with van der Waals surface area (Å²) < 4.78 is 4.72. The average Bonchev–Trinajstić information content (AvgIpc) is 3.25. The first-order valence-electron chi connectivity index (χ1n) is 8.71. The molecule has 0 saturated carbocycles. The predicted octanol–water partition coefficient (Wildman–Crippen LogP) is 3.02. The smallest absolute Gasteiger partial charge is 0.343 e. The van der Waals surface area contributed by atoms with Crippen LogP contribution in [0.1, 0.15) is 28.5 Å². The van der Waals surface area contributed by atoms with Crippen molar-refractivity contribution >= 4 is 17.7 Å². The standard InChI is InChI=1S/C20H18N4O5/c1-29-19(25)12-16(21-20(26)17-11-18(23-22-17)24(27)28)15-9-7-14(8-10-15)13-5-3-2-4-6-13/h2-11,16H,12H2,1H3,(H,21,26)(H,22,23)/t16-/m0/s1. The highest BCUT2D eigenvalue weighted by Crippen LogP contribution is 2.24. The third kappa shape index (κ3) is 4.83. The molecule has 3 rings (SSSR count). The molecule has 0 radical (unpaired) electrons. The van der Waals surface area contributed by atoms with Crippen LogP contribution in [0, 0.1) is 10.1 Å². The van der Waals surface area contributed by atoms with Crippen LogP contribution in [0.2, 0.25) is 0 Å². The Bertz CT molecular complexity index is 1010. The Morgan fingerprint density at radius 1 is 1.14 bits per heavy atom. The molecule has 1 aromatic heterocycles. The van der Waals surface area contributed by atoms with Gasteiger partial charge in [-0.2, -0.15) is 0 Å². The van der Waals surface area contributed by atoms with E-state index in [4.69, 9.17) is 4.74 Å². The first-order chi connectivity index (χ1) is 14.0. The number of nitrogens with zero attached hydrogens (tertiary/aromatic N) is 2. The molecule has 0 fully saturated rings. The van der Waals surface area contributed by atoms with Gasteiger partial charge < -0.3 is 20.2 Å². The van der Waals surface area contributed by atoms with Gasteiger partial charge in [0.1, 0.15) is 0 Å². The Morgan fingerprint density at radius 2 is 1.79 bits per heavy atom. The molecule has 0 saturated heterocycles. The fourth-order valence-electron chi connectivity index (χ4n) is 2.79. The van der Waals surface area contributed by atoms with Crippen molar-refractivity contribution in [1.82, 2.24) is 15.5 Å². The molecule has 9 nitrogen and oxygen atoms in total. The molecule has 0 bridgehead atoms. The molecule has 0 aliphatic heterocycles. The zero-order valence-electron chi connectivity index (χ0n) is 15.5. The number of esters is 1. The molecule has 1 atom stereocenters. The highest BCUT2D eigenvalue weighted by molar-refractivity contribution is 5.93. The number of hydrogen-bond donors (Lipinski definition) is 2. The summed E-state index contributed by atoms with van der Waals surface area (Å²) in [7, 11) is 1.26. The quantitative estimate of drug-likeness (QED) is 0.360. The zero-order chi connectivity index (χ0) is 20.8. The number of benzene rings is 2. The second-order valence-corrected chi connectivity index (χ2v) is 6.19. The van der Waals surface area contributed by atoms with Crippen LogP contribution in [-0.4, -0.2) is 34.1 Å². The number of rotatable bonds is 7. The molecular weight excluding hydrogens is 376 g/mol. The van der Waals surface area contributed by atoms with Crippen molar-refractivity contribution in [2.45, 2.75) is 12.5 Å². The van der Waals surface area contributed by atoms with E-state index in [1.807, 2.05) is 54.6 Å². The number of carbonyl (C=O) groups excluding carboxylic acids is 2. The van der Waals surface area contributed by atoms with E-state index in [-0.39, 0.29) is 12.1 Å². The topological polar surface area (TPSA) is 127 Å². The van der Waals surface area contributed by atoms with Crippen LogP contribution >= 0.6 is 0 Å². The summed E-state index contributed by atoms with van der Waals surface area (Å²) in [6.07, 6.45) is -0.0978. The second-order valence-electron chi connectivity index (χ2n) is 6.19. The fraction of sp³-hybridized carbons (Fsp3) is 0.150. The van der Waals surface area contributed by atoms with Gasteiger partial charge >= 0.3 is 11.8 Å². The number of aromatic nitrogens is 2. The lowest BCUT2D eigenvalue weighted by Crippen LogP contribution is -2.30. The molecule has 29 heavy (non-hydrogen) atoms. The normalized spacial score (nSPS) is 11.5. The van der Waals surface area contributed by atoms with Crippen molar-refractivity contribution in [3.63, 3.8) is 0 Å². The zero-order valence-corrected chi connectivity index (χ0v) is 15.5. The summed E-state index contributed by atoms with van der Waals surface area (Å²) in [4.78, 5) is 34.3. The lowest BCUT2D eigenvalue weighted by atomic mass is 9.99. The molecule has 1 amide bonds. The highest BCUT2D eigenvalue weighted by atomic mass is 16.6. The molecule has 0 unspecified atom stereocenters. The minimum absolute atomic E-state index is 0.0978. The van der Waals surface area contributed by atoms with Crippen LogP contribution in [0.25, 0.3) is 11.1 Å². The number of ether oxygens (including phenoxy) is 1. The molecule has 0 aliphatic carbocycles. The summed E-state index contributed by atoms with van der Waals surface area (Å²) >= 11 is 0. The Morgan fingerprint density at radius 3 is 2.38 bits per heavy atom. The summed E-state index contributed by atoms with van der Waals surface area (Å²) in [6.45, 7) is 0. The van der Waals surface area contributed by atoms with Gasteiger partial charge in [0.25, 0.3) is 5.91 Å². The van der Waals surface area contributed by atoms with E-state index in [0.29, 0.717) is 5.56 Å². The van der Waals surface area contributed by atoms with Crippen molar-refractivity contribution in [1.29, 1.82) is 0 Å². The maximum Gasteiger partial charge on any atom is 0.343 e. The number of H-pyrrole nitrogens is 1. The Balaban J connectivity index is 1.81. The monoisotopic (exact) mass is 394 g/mol. The number of amides is 1. The van der Waals surface area contributed by atoms with E-state index in [1.54, 1.807) is 0 Å². The van der Waals surface area contributed by atoms with E-state index in [1.165, 1.54) is 7.11 Å². The molecule has 0 aliphatic rings. The molecule has 3 aromatic rings. The number of hydrogen-bond acceptors (Lipinski definition) is 6. The van der Waals surface area contributed by atoms with Gasteiger partial charge in [-0.15, -0.1) is 5.10 Å². The first-order valence-corrected chi connectivity index (χ1v) is 8.71. The lowest BCUT2D eigenvalue weighted by Gasteiger charge is -2.18. The summed E-state index contributed by atoms with van der Waals surface area (Å²) in [5.74, 6) is -1.54. The van der Waals surface area contributed by atoms with Gasteiger partial charge in [-0.25, -0.2) is 0 Å². The van der Waals surface area contributed by atoms with Crippen LogP contribution < -0.4 is 5.32 Å². The van der Waals surface area contributed by atoms with Crippen LogP contribution in [0.5, 0.6) is 0 Å². The SMILES string of the molecule is COC(=O)C[C@H](NC(=O)c1cc([N+](=O)[O-])[nH]n1)c1ccc(-c2ccccc2)cc1. The van der Waals surface area contributed by atoms with Gasteiger partial charge in [0.05, 0.1) is 25.6 Å². The van der Waals surface area contributed by atoms with Crippen LogP contribution in [0.3, 0.4) is 0 Å². The Hall–Kier alpha value is -4.01. The number of nitrogens with one attached hydrogen (secondary N) is 2. The van der Waals surface area contributed by atoms with Crippen molar-refractivity contribution in [3.8, 4) is 11.1 Å². The van der Waals surface area contributed by atoms with Crippen molar-refractivity contribution in [2.75, 3.05) is 7.11 Å². The molecule has 148 valence electrons. The number of carbonyl (C=O) groups is 2. The summed E-state index contributed by atoms with van der Waals surface area (Å²) in [5.41, 5.74) is 2.57. The van der Waals surface area contributed by atoms with Crippen molar-refractivity contribution in [2.24, 2.45) is 0 Å². The molecule has 0 spiro atoms. The molecule has 2 N–H and O–H groups in total. The number of nitro groups is 1. The molecule has 9 heteroatoms. The Labute approximate surface area is 165 Å². The predicted molar refractivity (Wildman–Crippen MR) is 104 cm³/mol. The van der Waals surface area contributed by atoms with Gasteiger partial charge in [0.15, 0.2) is 5.69 Å². The summed E-state index contributed by atoms with van der Waals surface area (Å²) in [5, 5.41) is 19.3. The van der Waals surface area contributed by atoms with Gasteiger partial charge in [0.2, 0.25) is 0 Å². The lowest BCUT2D eigenvalue weighted by molar-refractivity contribution is -0.389. The average molecular weight is 394 g/mol. The van der Waals surface area contributed by atoms with Crippen molar-refractivity contribution < 1.29 is 19.2 Å². The van der Waals surface area contributed by atoms with E-state index in [9.17, 15) is 19.7 Å². The van der Waals surface area contributed by atoms with Gasteiger partial charge in [-0.1, -0.05) is 59.7 Å². The van der Waals surface area contributed by atoms with E-state index < -0.39 is 28.7 Å². The first kappa shape index (κ1) is 19.7. The van der Waals surface area contributed by atoms with Gasteiger partial charge in [-0.3, -0.25) is 9.59 Å². The second kappa shape index (κ2) is 8.79. The van der Waals surface area contributed by atoms with E-state index in [0.717, 1.165) is 17.2 Å². The van der Waals surface area contributed by atoms with Gasteiger partial charge in [0, 0.05) is 0 Å². The van der Waals surface area contributed by atoms with Crippen LogP contribution in [-0.2, 0) is 9.53 Å². The van der Waals surface area contributed by atoms with Crippen LogP contribution in [0.4, 0.5) is 5.82 Å². The van der Waals surface area contributed by atoms with Gasteiger partial charge in [-0.05, 0) is 21.6 Å². The molecule has 2 aromatic carbocycles. The highest BCUT2D eigenvalue weighted by Gasteiger charge is 2.23. The third-order valence-electron chi connectivity index (χ3n) is 4.32.